The molecule has 3 aromatic rings. The molecule has 0 atom stereocenters. The average molecular weight is 335 g/mol. The number of benzene rings is 2. The van der Waals surface area contributed by atoms with E-state index in [1.54, 1.807) is 6.33 Å². The van der Waals surface area contributed by atoms with Crippen LogP contribution in [0, 0.1) is 0 Å². The first-order chi connectivity index (χ1) is 12.2. The average Bonchev–Trinajstić information content (AvgIpc) is 2.64. The van der Waals surface area contributed by atoms with Gasteiger partial charge in [-0.15, -0.1) is 0 Å². The molecule has 2 aromatic carbocycles. The second-order valence-electron chi connectivity index (χ2n) is 5.60. The van der Waals surface area contributed by atoms with E-state index in [1.807, 2.05) is 48.5 Å². The molecule has 0 saturated carbocycles. The van der Waals surface area contributed by atoms with Gasteiger partial charge in [0.05, 0.1) is 5.52 Å². The van der Waals surface area contributed by atoms with Crippen LogP contribution in [0.4, 0.5) is 17.2 Å². The summed E-state index contributed by atoms with van der Waals surface area (Å²) in [7, 11) is 0. The molecule has 0 aliphatic rings. The van der Waals surface area contributed by atoms with Gasteiger partial charge < -0.3 is 16.0 Å². The van der Waals surface area contributed by atoms with E-state index in [2.05, 4.69) is 27.1 Å². The minimum Gasteiger partial charge on any atom is -0.330 e. The molecule has 0 aliphatic heterocycles. The van der Waals surface area contributed by atoms with Crippen LogP contribution in [0.2, 0.25) is 0 Å². The number of nitrogens with zero attached hydrogens (tertiary/aromatic N) is 3. The van der Waals surface area contributed by atoms with Gasteiger partial charge in [0.15, 0.2) is 0 Å². The van der Waals surface area contributed by atoms with Crippen LogP contribution in [0.15, 0.2) is 54.9 Å². The first-order valence-electron chi connectivity index (χ1n) is 8.30. The molecule has 0 radical (unpaired) electrons. The normalized spacial score (nSPS) is 10.6. The van der Waals surface area contributed by atoms with Crippen LogP contribution in [0.25, 0.3) is 10.9 Å². The SMILES string of the molecule is CCN(c1ccccc1)c1ncnc2ccc(NC(=O)CCN)cc12. The smallest absolute Gasteiger partial charge is 0.225 e. The number of carbonyl (C=O) groups is 1. The highest BCUT2D eigenvalue weighted by atomic mass is 16.1. The Hall–Kier alpha value is -2.99. The molecule has 25 heavy (non-hydrogen) atoms. The van der Waals surface area contributed by atoms with E-state index < -0.39 is 0 Å². The summed E-state index contributed by atoms with van der Waals surface area (Å²) in [5, 5.41) is 3.75. The molecule has 1 amide bonds. The van der Waals surface area contributed by atoms with Gasteiger partial charge in [-0.05, 0) is 37.3 Å². The van der Waals surface area contributed by atoms with Crippen molar-refractivity contribution in [1.82, 2.24) is 9.97 Å². The zero-order valence-corrected chi connectivity index (χ0v) is 14.1. The summed E-state index contributed by atoms with van der Waals surface area (Å²) in [5.74, 6) is 0.712. The lowest BCUT2D eigenvalue weighted by molar-refractivity contribution is -0.116. The summed E-state index contributed by atoms with van der Waals surface area (Å²) in [5.41, 5.74) is 8.03. The van der Waals surface area contributed by atoms with Crippen LogP contribution < -0.4 is 16.0 Å². The molecular weight excluding hydrogens is 314 g/mol. The Morgan fingerprint density at radius 2 is 1.96 bits per heavy atom. The topological polar surface area (TPSA) is 84.1 Å². The standard InChI is InChI=1S/C19H21N5O/c1-2-24(15-6-4-3-5-7-15)19-16-12-14(23-18(25)10-11-20)8-9-17(16)21-13-22-19/h3-9,12-13H,2,10-11,20H2,1H3,(H,23,25). The Morgan fingerprint density at radius 1 is 1.16 bits per heavy atom. The molecule has 0 spiro atoms. The van der Waals surface area contributed by atoms with Crippen LogP contribution in [-0.2, 0) is 4.79 Å². The number of aromatic nitrogens is 2. The van der Waals surface area contributed by atoms with Crippen molar-refractivity contribution in [2.75, 3.05) is 23.3 Å². The number of fused-ring (bicyclic) bond motifs is 1. The molecule has 1 heterocycles. The molecule has 0 saturated heterocycles. The third kappa shape index (κ3) is 3.75. The van der Waals surface area contributed by atoms with Crippen molar-refractivity contribution in [3.05, 3.63) is 54.9 Å². The third-order valence-corrected chi connectivity index (χ3v) is 3.91. The molecule has 3 rings (SSSR count). The highest BCUT2D eigenvalue weighted by Crippen LogP contribution is 2.30. The van der Waals surface area contributed by atoms with Gasteiger partial charge >= 0.3 is 0 Å². The predicted molar refractivity (Wildman–Crippen MR) is 101 cm³/mol. The van der Waals surface area contributed by atoms with Crippen LogP contribution in [-0.4, -0.2) is 29.0 Å². The monoisotopic (exact) mass is 335 g/mol. The van der Waals surface area contributed by atoms with E-state index in [4.69, 9.17) is 5.73 Å². The molecule has 0 bridgehead atoms. The number of nitrogens with two attached hydrogens (primary N) is 1. The summed E-state index contributed by atoms with van der Waals surface area (Å²) in [6, 6.07) is 15.7. The van der Waals surface area contributed by atoms with Crippen LogP contribution in [0.5, 0.6) is 0 Å². The number of hydrogen-bond donors (Lipinski definition) is 2. The lowest BCUT2D eigenvalue weighted by Crippen LogP contribution is -2.18. The lowest BCUT2D eigenvalue weighted by atomic mass is 10.2. The minimum absolute atomic E-state index is 0.101. The van der Waals surface area contributed by atoms with Crippen molar-refractivity contribution in [2.24, 2.45) is 5.73 Å². The Bertz CT molecular complexity index is 866. The molecule has 6 heteroatoms. The summed E-state index contributed by atoms with van der Waals surface area (Å²) >= 11 is 0. The van der Waals surface area contributed by atoms with Crippen molar-refractivity contribution in [2.45, 2.75) is 13.3 Å². The van der Waals surface area contributed by atoms with Gasteiger partial charge in [-0.1, -0.05) is 18.2 Å². The van der Waals surface area contributed by atoms with Gasteiger partial charge in [-0.3, -0.25) is 4.79 Å². The van der Waals surface area contributed by atoms with Crippen molar-refractivity contribution in [3.8, 4) is 0 Å². The minimum atomic E-state index is -0.101. The molecule has 3 N–H and O–H groups in total. The fraction of sp³-hybridized carbons (Fsp3) is 0.211. The van der Waals surface area contributed by atoms with Crippen LogP contribution in [0.1, 0.15) is 13.3 Å². The van der Waals surface area contributed by atoms with E-state index in [9.17, 15) is 4.79 Å². The maximum atomic E-state index is 11.8. The fourth-order valence-corrected chi connectivity index (χ4v) is 2.75. The molecule has 1 aromatic heterocycles. The molecule has 128 valence electrons. The van der Waals surface area contributed by atoms with Crippen molar-refractivity contribution in [3.63, 3.8) is 0 Å². The number of carbonyl (C=O) groups excluding carboxylic acids is 1. The third-order valence-electron chi connectivity index (χ3n) is 3.91. The quantitative estimate of drug-likeness (QED) is 0.723. The van der Waals surface area contributed by atoms with Gasteiger partial charge in [0.25, 0.3) is 0 Å². The zero-order chi connectivity index (χ0) is 17.6. The van der Waals surface area contributed by atoms with Gasteiger partial charge in [-0.2, -0.15) is 0 Å². The molecule has 6 nitrogen and oxygen atoms in total. The lowest BCUT2D eigenvalue weighted by Gasteiger charge is -2.23. The summed E-state index contributed by atoms with van der Waals surface area (Å²) in [6.07, 6.45) is 1.86. The van der Waals surface area contributed by atoms with E-state index >= 15 is 0 Å². The first kappa shape index (κ1) is 16.9. The van der Waals surface area contributed by atoms with E-state index in [-0.39, 0.29) is 5.91 Å². The summed E-state index contributed by atoms with van der Waals surface area (Å²) in [4.78, 5) is 22.8. The maximum absolute atomic E-state index is 11.8. The zero-order valence-electron chi connectivity index (χ0n) is 14.1. The van der Waals surface area contributed by atoms with Crippen LogP contribution >= 0.6 is 0 Å². The number of amides is 1. The number of hydrogen-bond acceptors (Lipinski definition) is 5. The van der Waals surface area contributed by atoms with Crippen molar-refractivity contribution in [1.29, 1.82) is 0 Å². The van der Waals surface area contributed by atoms with E-state index in [0.29, 0.717) is 18.7 Å². The largest absolute Gasteiger partial charge is 0.330 e. The van der Waals surface area contributed by atoms with Gasteiger partial charge in [0, 0.05) is 36.3 Å². The molecule has 0 unspecified atom stereocenters. The maximum Gasteiger partial charge on any atom is 0.225 e. The Balaban J connectivity index is 2.03. The Morgan fingerprint density at radius 3 is 2.68 bits per heavy atom. The first-order valence-corrected chi connectivity index (χ1v) is 8.30. The van der Waals surface area contributed by atoms with Crippen molar-refractivity contribution < 1.29 is 4.79 Å². The molecule has 0 fully saturated rings. The number of anilines is 3. The number of rotatable bonds is 6. The Kier molecular flexibility index (Phi) is 5.20. The Labute approximate surface area is 146 Å². The van der Waals surface area contributed by atoms with Gasteiger partial charge in [-0.25, -0.2) is 9.97 Å². The highest BCUT2D eigenvalue weighted by Gasteiger charge is 2.13. The van der Waals surface area contributed by atoms with E-state index in [0.717, 1.165) is 29.0 Å². The molecule has 0 aliphatic carbocycles. The molecular formula is C19H21N5O. The van der Waals surface area contributed by atoms with Gasteiger partial charge in [0.1, 0.15) is 12.1 Å². The highest BCUT2D eigenvalue weighted by molar-refractivity contribution is 5.97. The van der Waals surface area contributed by atoms with Crippen LogP contribution in [0.3, 0.4) is 0 Å². The summed E-state index contributed by atoms with van der Waals surface area (Å²) < 4.78 is 0. The van der Waals surface area contributed by atoms with Crippen molar-refractivity contribution >= 4 is 34.0 Å². The predicted octanol–water partition coefficient (Wildman–Crippen LogP) is 3.08. The second kappa shape index (κ2) is 7.72. The number of nitrogens with one attached hydrogen (secondary N) is 1. The fourth-order valence-electron chi connectivity index (χ4n) is 2.75. The second-order valence-corrected chi connectivity index (χ2v) is 5.60. The van der Waals surface area contributed by atoms with E-state index in [1.165, 1.54) is 0 Å². The summed E-state index contributed by atoms with van der Waals surface area (Å²) in [6.45, 7) is 3.17. The number of para-hydroxylation sites is 1. The van der Waals surface area contributed by atoms with Gasteiger partial charge in [0.2, 0.25) is 5.91 Å².